The van der Waals surface area contributed by atoms with Crippen molar-refractivity contribution in [1.82, 2.24) is 0 Å². The maximum absolute atomic E-state index is 12.0. The number of Topliss-reactive ketones (excluding diaryl/α,β-unsaturated/α-hetero) is 1. The Balaban J connectivity index is 2.43. The van der Waals surface area contributed by atoms with Crippen LogP contribution in [0.1, 0.15) is 10.4 Å². The van der Waals surface area contributed by atoms with E-state index < -0.39 is 0 Å². The van der Waals surface area contributed by atoms with Crippen LogP contribution in [0.15, 0.2) is 48.5 Å². The molecule has 0 spiro atoms. The highest BCUT2D eigenvalue weighted by molar-refractivity contribution is 9.09. The molecule has 3 aromatic carbocycles. The number of halogens is 2. The van der Waals surface area contributed by atoms with E-state index >= 15 is 0 Å². The number of hydrogen-bond acceptors (Lipinski definition) is 1. The third-order valence-corrected chi connectivity index (χ3v) is 4.01. The molecule has 3 heteroatoms. The van der Waals surface area contributed by atoms with E-state index in [0.29, 0.717) is 10.4 Å². The predicted octanol–water partition coefficient (Wildman–Crippen LogP) is 5.22. The molecule has 0 bridgehead atoms. The molecule has 3 rings (SSSR count). The predicted molar refractivity (Wildman–Crippen MR) is 84.6 cm³/mol. The monoisotopic (exact) mass is 332 g/mol. The molecule has 94 valence electrons. The van der Waals surface area contributed by atoms with E-state index in [-0.39, 0.29) is 5.78 Å². The third-order valence-electron chi connectivity index (χ3n) is 3.26. The van der Waals surface area contributed by atoms with Crippen molar-refractivity contribution in [3.8, 4) is 0 Å². The van der Waals surface area contributed by atoms with Crippen LogP contribution < -0.4 is 0 Å². The van der Waals surface area contributed by atoms with Crippen LogP contribution in [0, 0.1) is 0 Å². The average molecular weight is 334 g/mol. The third kappa shape index (κ3) is 2.15. The molecule has 19 heavy (non-hydrogen) atoms. The highest BCUT2D eigenvalue weighted by atomic mass is 79.9. The zero-order chi connectivity index (χ0) is 13.4. The summed E-state index contributed by atoms with van der Waals surface area (Å²) in [5.74, 6) is 0.0898. The van der Waals surface area contributed by atoms with Gasteiger partial charge in [0.1, 0.15) is 0 Å². The Morgan fingerprint density at radius 2 is 1.79 bits per heavy atom. The number of hydrogen-bond donors (Lipinski definition) is 0. The summed E-state index contributed by atoms with van der Waals surface area (Å²) in [5.41, 5.74) is 0.747. The van der Waals surface area contributed by atoms with Gasteiger partial charge >= 0.3 is 0 Å². The molecule has 0 radical (unpaired) electrons. The van der Waals surface area contributed by atoms with Gasteiger partial charge in [0.15, 0.2) is 5.78 Å². The van der Waals surface area contributed by atoms with E-state index in [1.807, 2.05) is 48.5 Å². The van der Waals surface area contributed by atoms with Gasteiger partial charge in [-0.3, -0.25) is 4.79 Å². The lowest BCUT2D eigenvalue weighted by molar-refractivity contribution is 0.102. The molecule has 0 fully saturated rings. The highest BCUT2D eigenvalue weighted by Crippen LogP contribution is 2.30. The summed E-state index contributed by atoms with van der Waals surface area (Å²) < 4.78 is 0. The van der Waals surface area contributed by atoms with E-state index in [9.17, 15) is 4.79 Å². The summed E-state index contributed by atoms with van der Waals surface area (Å²) in [7, 11) is 0. The fourth-order valence-corrected chi connectivity index (χ4v) is 2.85. The van der Waals surface area contributed by atoms with Gasteiger partial charge in [0.2, 0.25) is 0 Å². The zero-order valence-corrected chi connectivity index (χ0v) is 12.3. The SMILES string of the molecule is O=C(CBr)c1cccc2c1ccc1ccc(Cl)cc12. The standard InChI is InChI=1S/C16H10BrClO/c17-9-16(19)14-3-1-2-12-13(14)7-5-10-4-6-11(18)8-15(10)12/h1-8H,9H2. The van der Waals surface area contributed by atoms with Gasteiger partial charge in [-0.15, -0.1) is 0 Å². The molecular formula is C16H10BrClO. The first-order chi connectivity index (χ1) is 9.20. The maximum Gasteiger partial charge on any atom is 0.173 e. The van der Waals surface area contributed by atoms with E-state index in [4.69, 9.17) is 11.6 Å². The molecule has 0 saturated carbocycles. The molecule has 0 heterocycles. The lowest BCUT2D eigenvalue weighted by Crippen LogP contribution is -2.00. The Morgan fingerprint density at radius 1 is 1.00 bits per heavy atom. The molecule has 3 aromatic rings. The molecule has 0 amide bonds. The number of alkyl halides is 1. The Bertz CT molecular complexity index is 795. The van der Waals surface area contributed by atoms with Gasteiger partial charge in [0, 0.05) is 10.6 Å². The van der Waals surface area contributed by atoms with E-state index in [2.05, 4.69) is 15.9 Å². The van der Waals surface area contributed by atoms with E-state index in [1.54, 1.807) is 0 Å². The van der Waals surface area contributed by atoms with Crippen LogP contribution in [-0.4, -0.2) is 11.1 Å². The lowest BCUT2D eigenvalue weighted by Gasteiger charge is -2.08. The molecule has 0 aromatic heterocycles. The summed E-state index contributed by atoms with van der Waals surface area (Å²) in [4.78, 5) is 12.0. The summed E-state index contributed by atoms with van der Waals surface area (Å²) in [6.07, 6.45) is 0. The molecular weight excluding hydrogens is 324 g/mol. The van der Waals surface area contributed by atoms with Crippen molar-refractivity contribution in [1.29, 1.82) is 0 Å². The topological polar surface area (TPSA) is 17.1 Å². The highest BCUT2D eigenvalue weighted by Gasteiger charge is 2.10. The molecule has 0 atom stereocenters. The van der Waals surface area contributed by atoms with E-state index in [1.165, 1.54) is 0 Å². The maximum atomic E-state index is 12.0. The van der Waals surface area contributed by atoms with Gasteiger partial charge < -0.3 is 0 Å². The lowest BCUT2D eigenvalue weighted by atomic mass is 9.97. The molecule has 0 saturated heterocycles. The fraction of sp³-hybridized carbons (Fsp3) is 0.0625. The van der Waals surface area contributed by atoms with Gasteiger partial charge in [-0.05, 0) is 33.7 Å². The summed E-state index contributed by atoms with van der Waals surface area (Å²) >= 11 is 9.30. The summed E-state index contributed by atoms with van der Waals surface area (Å²) in [5, 5.41) is 5.28. The molecule has 0 aliphatic rings. The number of ketones is 1. The molecule has 1 nitrogen and oxygen atoms in total. The quantitative estimate of drug-likeness (QED) is 0.357. The van der Waals surface area contributed by atoms with Gasteiger partial charge in [-0.1, -0.05) is 63.9 Å². The first-order valence-corrected chi connectivity index (χ1v) is 7.41. The normalized spacial score (nSPS) is 11.1. The smallest absolute Gasteiger partial charge is 0.173 e. The largest absolute Gasteiger partial charge is 0.293 e. The second-order valence-electron chi connectivity index (χ2n) is 4.39. The number of benzene rings is 3. The zero-order valence-electron chi connectivity index (χ0n) is 9.99. The van der Waals surface area contributed by atoms with Crippen LogP contribution in [0.4, 0.5) is 0 Å². The van der Waals surface area contributed by atoms with Crippen LogP contribution in [0.2, 0.25) is 5.02 Å². The van der Waals surface area contributed by atoms with Crippen LogP contribution in [0.5, 0.6) is 0 Å². The average Bonchev–Trinajstić information content (AvgIpc) is 2.45. The van der Waals surface area contributed by atoms with Crippen molar-refractivity contribution in [2.75, 3.05) is 5.33 Å². The minimum absolute atomic E-state index is 0.0898. The Labute approximate surface area is 124 Å². The van der Waals surface area contributed by atoms with E-state index in [0.717, 1.165) is 27.1 Å². The van der Waals surface area contributed by atoms with Crippen LogP contribution in [0.3, 0.4) is 0 Å². The van der Waals surface area contributed by atoms with Crippen LogP contribution >= 0.6 is 27.5 Å². The first kappa shape index (κ1) is 12.6. The van der Waals surface area contributed by atoms with Crippen molar-refractivity contribution < 1.29 is 4.79 Å². The second kappa shape index (κ2) is 4.95. The van der Waals surface area contributed by atoms with Gasteiger partial charge in [0.25, 0.3) is 0 Å². The number of fused-ring (bicyclic) bond motifs is 3. The van der Waals surface area contributed by atoms with Crippen LogP contribution in [0.25, 0.3) is 21.5 Å². The summed E-state index contributed by atoms with van der Waals surface area (Å²) in [6.45, 7) is 0. The van der Waals surface area contributed by atoms with Crippen molar-refractivity contribution in [2.24, 2.45) is 0 Å². The van der Waals surface area contributed by atoms with Crippen molar-refractivity contribution in [2.45, 2.75) is 0 Å². The Morgan fingerprint density at radius 3 is 2.58 bits per heavy atom. The first-order valence-electron chi connectivity index (χ1n) is 5.91. The molecule has 0 unspecified atom stereocenters. The van der Waals surface area contributed by atoms with Crippen molar-refractivity contribution in [3.63, 3.8) is 0 Å². The fourth-order valence-electron chi connectivity index (χ4n) is 2.37. The van der Waals surface area contributed by atoms with Gasteiger partial charge in [-0.2, -0.15) is 0 Å². The Hall–Kier alpha value is -1.38. The second-order valence-corrected chi connectivity index (χ2v) is 5.39. The number of rotatable bonds is 2. The number of carbonyl (C=O) groups is 1. The minimum atomic E-state index is 0.0898. The molecule has 0 aliphatic heterocycles. The molecule has 0 N–H and O–H groups in total. The summed E-state index contributed by atoms with van der Waals surface area (Å²) in [6, 6.07) is 15.7. The molecule has 0 aliphatic carbocycles. The van der Waals surface area contributed by atoms with Crippen molar-refractivity contribution in [3.05, 3.63) is 59.1 Å². The number of carbonyl (C=O) groups excluding carboxylic acids is 1. The van der Waals surface area contributed by atoms with Crippen LogP contribution in [-0.2, 0) is 0 Å². The van der Waals surface area contributed by atoms with Gasteiger partial charge in [0.05, 0.1) is 5.33 Å². The Kier molecular flexibility index (Phi) is 3.29. The van der Waals surface area contributed by atoms with Crippen molar-refractivity contribution >= 4 is 54.9 Å². The minimum Gasteiger partial charge on any atom is -0.293 e. The van der Waals surface area contributed by atoms with Gasteiger partial charge in [-0.25, -0.2) is 0 Å².